The van der Waals surface area contributed by atoms with E-state index in [9.17, 15) is 8.78 Å². The molecule has 1 aromatic heterocycles. The van der Waals surface area contributed by atoms with E-state index in [0.29, 0.717) is 11.9 Å². The third kappa shape index (κ3) is 3.14. The molecule has 100 valence electrons. The van der Waals surface area contributed by atoms with E-state index < -0.39 is 13.0 Å². The van der Waals surface area contributed by atoms with E-state index in [4.69, 9.17) is 0 Å². The fourth-order valence-electron chi connectivity index (χ4n) is 1.78. The quantitative estimate of drug-likeness (QED) is 0.827. The van der Waals surface area contributed by atoms with Gasteiger partial charge in [0.15, 0.2) is 0 Å². The van der Waals surface area contributed by atoms with E-state index in [-0.39, 0.29) is 5.95 Å². The minimum Gasteiger partial charge on any atom is -0.357 e. The van der Waals surface area contributed by atoms with Gasteiger partial charge in [-0.05, 0) is 12.8 Å². The molecule has 2 N–H and O–H groups in total. The van der Waals surface area contributed by atoms with E-state index in [1.807, 2.05) is 4.90 Å². The maximum absolute atomic E-state index is 12.1. The van der Waals surface area contributed by atoms with Gasteiger partial charge in [0.25, 0.3) is 6.43 Å². The normalized spacial score (nSPS) is 15.2. The van der Waals surface area contributed by atoms with E-state index in [2.05, 4.69) is 25.6 Å². The topological polar surface area (TPSA) is 66.0 Å². The summed E-state index contributed by atoms with van der Waals surface area (Å²) in [6.07, 6.45) is -0.240. The number of nitrogens with zero attached hydrogens (tertiary/aromatic N) is 4. The second-order valence-corrected chi connectivity index (χ2v) is 4.00. The van der Waals surface area contributed by atoms with E-state index in [1.165, 1.54) is 0 Å². The van der Waals surface area contributed by atoms with Gasteiger partial charge in [0, 0.05) is 20.1 Å². The highest BCUT2D eigenvalue weighted by Crippen LogP contribution is 2.18. The first-order valence-corrected chi connectivity index (χ1v) is 5.90. The second-order valence-electron chi connectivity index (χ2n) is 4.00. The summed E-state index contributed by atoms with van der Waals surface area (Å²) < 4.78 is 24.3. The van der Waals surface area contributed by atoms with Crippen molar-refractivity contribution in [2.24, 2.45) is 0 Å². The van der Waals surface area contributed by atoms with E-state index in [1.54, 1.807) is 7.05 Å². The first-order valence-electron chi connectivity index (χ1n) is 5.90. The Morgan fingerprint density at radius 2 is 1.83 bits per heavy atom. The number of halogens is 2. The predicted octanol–water partition coefficient (Wildman–Crippen LogP) is 1.19. The van der Waals surface area contributed by atoms with Crippen molar-refractivity contribution in [3.8, 4) is 0 Å². The van der Waals surface area contributed by atoms with Crippen LogP contribution < -0.4 is 15.5 Å². The Kier molecular flexibility index (Phi) is 4.06. The first-order chi connectivity index (χ1) is 8.69. The molecule has 2 rings (SSSR count). The van der Waals surface area contributed by atoms with E-state index in [0.717, 1.165) is 25.9 Å². The minimum atomic E-state index is -2.44. The van der Waals surface area contributed by atoms with Crippen LogP contribution in [0.5, 0.6) is 0 Å². The van der Waals surface area contributed by atoms with Crippen molar-refractivity contribution in [3.05, 3.63) is 0 Å². The molecule has 0 atom stereocenters. The summed E-state index contributed by atoms with van der Waals surface area (Å²) in [5.41, 5.74) is 0. The van der Waals surface area contributed by atoms with Crippen molar-refractivity contribution in [1.82, 2.24) is 15.0 Å². The Labute approximate surface area is 104 Å². The lowest BCUT2D eigenvalue weighted by molar-refractivity contribution is 0.163. The van der Waals surface area contributed by atoms with Crippen LogP contribution in [0.2, 0.25) is 0 Å². The summed E-state index contributed by atoms with van der Waals surface area (Å²) in [5.74, 6) is 1.09. The van der Waals surface area contributed by atoms with Gasteiger partial charge in [-0.1, -0.05) is 0 Å². The summed E-state index contributed by atoms with van der Waals surface area (Å²) in [5, 5.41) is 5.31. The van der Waals surface area contributed by atoms with Gasteiger partial charge in [-0.2, -0.15) is 15.0 Å². The summed E-state index contributed by atoms with van der Waals surface area (Å²) in [7, 11) is 1.68. The zero-order valence-corrected chi connectivity index (χ0v) is 10.2. The van der Waals surface area contributed by atoms with Crippen LogP contribution in [0, 0.1) is 0 Å². The zero-order valence-electron chi connectivity index (χ0n) is 10.2. The molecule has 0 amide bonds. The molecule has 1 fully saturated rings. The van der Waals surface area contributed by atoms with Crippen LogP contribution in [0.4, 0.5) is 26.6 Å². The second kappa shape index (κ2) is 5.74. The lowest BCUT2D eigenvalue weighted by Gasteiger charge is -2.16. The maximum atomic E-state index is 12.1. The average molecular weight is 258 g/mol. The molecule has 0 unspecified atom stereocenters. The Bertz CT molecular complexity index is 394. The van der Waals surface area contributed by atoms with Crippen LogP contribution >= 0.6 is 0 Å². The Balaban J connectivity index is 2.15. The van der Waals surface area contributed by atoms with Gasteiger partial charge >= 0.3 is 0 Å². The molecule has 0 aromatic carbocycles. The maximum Gasteiger partial charge on any atom is 0.255 e. The van der Waals surface area contributed by atoms with Crippen LogP contribution in [-0.4, -0.2) is 48.1 Å². The third-order valence-corrected chi connectivity index (χ3v) is 2.65. The number of alkyl halides is 2. The molecule has 0 spiro atoms. The highest BCUT2D eigenvalue weighted by molar-refractivity contribution is 5.44. The molecular formula is C10H16F2N6. The third-order valence-electron chi connectivity index (χ3n) is 2.65. The molecule has 0 aliphatic carbocycles. The van der Waals surface area contributed by atoms with Gasteiger partial charge in [-0.15, -0.1) is 0 Å². The van der Waals surface area contributed by atoms with E-state index >= 15 is 0 Å². The molecular weight excluding hydrogens is 242 g/mol. The lowest BCUT2D eigenvalue weighted by Crippen LogP contribution is -2.22. The Morgan fingerprint density at radius 3 is 2.44 bits per heavy atom. The van der Waals surface area contributed by atoms with Gasteiger partial charge in [-0.3, -0.25) is 0 Å². The van der Waals surface area contributed by atoms with Gasteiger partial charge < -0.3 is 15.5 Å². The van der Waals surface area contributed by atoms with Crippen molar-refractivity contribution in [1.29, 1.82) is 0 Å². The van der Waals surface area contributed by atoms with Crippen LogP contribution in [0.15, 0.2) is 0 Å². The zero-order chi connectivity index (χ0) is 13.0. The molecule has 18 heavy (non-hydrogen) atoms. The highest BCUT2D eigenvalue weighted by atomic mass is 19.3. The molecule has 1 aliphatic heterocycles. The summed E-state index contributed by atoms with van der Waals surface area (Å²) in [4.78, 5) is 14.4. The number of nitrogens with one attached hydrogen (secondary N) is 2. The van der Waals surface area contributed by atoms with Gasteiger partial charge in [-0.25, -0.2) is 8.78 Å². The molecule has 0 radical (unpaired) electrons. The van der Waals surface area contributed by atoms with Crippen molar-refractivity contribution >= 4 is 17.8 Å². The molecule has 8 heteroatoms. The Hall–Kier alpha value is -1.73. The smallest absolute Gasteiger partial charge is 0.255 e. The summed E-state index contributed by atoms with van der Waals surface area (Å²) >= 11 is 0. The lowest BCUT2D eigenvalue weighted by atomic mass is 10.4. The van der Waals surface area contributed by atoms with Crippen LogP contribution in [0.1, 0.15) is 12.8 Å². The van der Waals surface area contributed by atoms with Crippen LogP contribution in [-0.2, 0) is 0 Å². The van der Waals surface area contributed by atoms with Gasteiger partial charge in [0.1, 0.15) is 0 Å². The van der Waals surface area contributed by atoms with Crippen molar-refractivity contribution in [2.75, 3.05) is 42.2 Å². The number of anilines is 3. The molecule has 0 saturated carbocycles. The summed E-state index contributed by atoms with van der Waals surface area (Å²) in [6.45, 7) is 1.31. The highest BCUT2D eigenvalue weighted by Gasteiger charge is 2.17. The van der Waals surface area contributed by atoms with Crippen LogP contribution in [0.3, 0.4) is 0 Å². The van der Waals surface area contributed by atoms with Crippen LogP contribution in [0.25, 0.3) is 0 Å². The SMILES string of the molecule is CNc1nc(NCC(F)F)nc(N2CCCC2)n1. The number of hydrogen-bond acceptors (Lipinski definition) is 6. The molecule has 6 nitrogen and oxygen atoms in total. The Morgan fingerprint density at radius 1 is 1.17 bits per heavy atom. The molecule has 1 saturated heterocycles. The summed E-state index contributed by atoms with van der Waals surface area (Å²) in [6, 6.07) is 0. The van der Waals surface area contributed by atoms with Gasteiger partial charge in [0.05, 0.1) is 6.54 Å². The molecule has 0 bridgehead atoms. The fraction of sp³-hybridized carbons (Fsp3) is 0.700. The first kappa shape index (κ1) is 12.7. The number of hydrogen-bond donors (Lipinski definition) is 2. The standard InChI is InChI=1S/C10H16F2N6/c1-13-8-15-9(14-6-7(11)12)17-10(16-8)18-4-2-3-5-18/h7H,2-6H2,1H3,(H2,13,14,15,16,17). The molecule has 2 heterocycles. The molecule has 1 aromatic rings. The average Bonchev–Trinajstić information content (AvgIpc) is 2.89. The van der Waals surface area contributed by atoms with Crippen molar-refractivity contribution < 1.29 is 8.78 Å². The molecule has 1 aliphatic rings. The monoisotopic (exact) mass is 258 g/mol. The minimum absolute atomic E-state index is 0.177. The van der Waals surface area contributed by atoms with Crippen molar-refractivity contribution in [2.45, 2.75) is 19.3 Å². The fourth-order valence-corrected chi connectivity index (χ4v) is 1.78. The number of rotatable bonds is 5. The predicted molar refractivity (Wildman–Crippen MR) is 65.3 cm³/mol. The van der Waals surface area contributed by atoms with Crippen molar-refractivity contribution in [3.63, 3.8) is 0 Å². The van der Waals surface area contributed by atoms with Gasteiger partial charge in [0.2, 0.25) is 17.8 Å². The largest absolute Gasteiger partial charge is 0.357 e. The number of aromatic nitrogens is 3.